The van der Waals surface area contributed by atoms with Crippen molar-refractivity contribution in [2.24, 2.45) is 5.73 Å². The van der Waals surface area contributed by atoms with Crippen molar-refractivity contribution in [3.05, 3.63) is 0 Å². The van der Waals surface area contributed by atoms with E-state index in [4.69, 9.17) is 20.3 Å². The lowest BCUT2D eigenvalue weighted by atomic mass is 10.3. The van der Waals surface area contributed by atoms with E-state index in [0.717, 1.165) is 0 Å². The topological polar surface area (TPSA) is 93.8 Å². The largest absolute Gasteiger partial charge is 0.394 e. The molecule has 1 atom stereocenters. The normalized spacial score (nSPS) is 12.5. The van der Waals surface area contributed by atoms with Gasteiger partial charge in [0.25, 0.3) is 0 Å². The van der Waals surface area contributed by atoms with Gasteiger partial charge in [0, 0.05) is 13.7 Å². The van der Waals surface area contributed by atoms with E-state index in [1.807, 2.05) is 0 Å². The second-order valence-electron chi connectivity index (χ2n) is 2.69. The highest BCUT2D eigenvalue weighted by molar-refractivity contribution is 5.81. The quantitative estimate of drug-likeness (QED) is 0.403. The molecule has 0 aromatic rings. The van der Waals surface area contributed by atoms with E-state index in [9.17, 15) is 4.79 Å². The lowest BCUT2D eigenvalue weighted by Crippen LogP contribution is -2.44. The van der Waals surface area contributed by atoms with Gasteiger partial charge in [-0.3, -0.25) is 4.79 Å². The second kappa shape index (κ2) is 8.89. The first-order valence-corrected chi connectivity index (χ1v) is 4.43. The number of aliphatic hydroxyl groups is 1. The zero-order valence-electron chi connectivity index (χ0n) is 8.36. The van der Waals surface area contributed by atoms with Crippen molar-refractivity contribution in [3.8, 4) is 0 Å². The van der Waals surface area contributed by atoms with Crippen molar-refractivity contribution in [2.45, 2.75) is 6.04 Å². The van der Waals surface area contributed by atoms with Crippen LogP contribution in [-0.2, 0) is 14.3 Å². The van der Waals surface area contributed by atoms with E-state index in [1.54, 1.807) is 0 Å². The molecule has 0 aliphatic carbocycles. The molecule has 0 fully saturated rings. The van der Waals surface area contributed by atoms with Crippen LogP contribution in [0.15, 0.2) is 0 Å². The lowest BCUT2D eigenvalue weighted by molar-refractivity contribution is -0.123. The van der Waals surface area contributed by atoms with Crippen LogP contribution in [0.25, 0.3) is 0 Å². The van der Waals surface area contributed by atoms with Crippen molar-refractivity contribution < 1.29 is 19.4 Å². The molecule has 0 heterocycles. The van der Waals surface area contributed by atoms with Gasteiger partial charge in [-0.1, -0.05) is 0 Å². The molecule has 0 bridgehead atoms. The molecule has 0 aliphatic heterocycles. The van der Waals surface area contributed by atoms with Crippen LogP contribution in [0.5, 0.6) is 0 Å². The molecule has 0 aromatic heterocycles. The monoisotopic (exact) mass is 206 g/mol. The standard InChI is InChI=1S/C8H18N2O4/c1-13-6-7(9)8(12)10-2-4-14-5-3-11/h7,11H,2-6,9H2,1H3,(H,10,12). The summed E-state index contributed by atoms with van der Waals surface area (Å²) in [4.78, 5) is 11.1. The first-order chi connectivity index (χ1) is 6.72. The Morgan fingerprint density at radius 3 is 2.86 bits per heavy atom. The summed E-state index contributed by atoms with van der Waals surface area (Å²) < 4.78 is 9.66. The maximum absolute atomic E-state index is 11.1. The molecule has 0 saturated carbocycles. The molecule has 6 heteroatoms. The average Bonchev–Trinajstić information content (AvgIpc) is 2.17. The first kappa shape index (κ1) is 13.3. The highest BCUT2D eigenvalue weighted by Crippen LogP contribution is 1.80. The number of ether oxygens (including phenoxy) is 2. The lowest BCUT2D eigenvalue weighted by Gasteiger charge is -2.10. The molecule has 0 aromatic carbocycles. The van der Waals surface area contributed by atoms with Crippen LogP contribution in [-0.4, -0.2) is 57.1 Å². The minimum atomic E-state index is -0.641. The van der Waals surface area contributed by atoms with Gasteiger partial charge in [0.1, 0.15) is 6.04 Å². The van der Waals surface area contributed by atoms with Gasteiger partial charge >= 0.3 is 0 Å². The third-order valence-electron chi connectivity index (χ3n) is 1.46. The molecule has 0 rings (SSSR count). The summed E-state index contributed by atoms with van der Waals surface area (Å²) in [6, 6.07) is -0.641. The summed E-state index contributed by atoms with van der Waals surface area (Å²) in [5.41, 5.74) is 5.45. The van der Waals surface area contributed by atoms with Gasteiger partial charge in [-0.2, -0.15) is 0 Å². The number of methoxy groups -OCH3 is 1. The number of aliphatic hydroxyl groups excluding tert-OH is 1. The Morgan fingerprint density at radius 1 is 1.57 bits per heavy atom. The molecule has 0 saturated heterocycles. The van der Waals surface area contributed by atoms with Gasteiger partial charge in [-0.05, 0) is 0 Å². The number of rotatable bonds is 8. The minimum Gasteiger partial charge on any atom is -0.394 e. The Hall–Kier alpha value is -0.690. The third kappa shape index (κ3) is 6.79. The Labute approximate surface area is 83.4 Å². The summed E-state index contributed by atoms with van der Waals surface area (Å²) >= 11 is 0. The summed E-state index contributed by atoms with van der Waals surface area (Å²) in [7, 11) is 1.48. The number of hydrogen-bond acceptors (Lipinski definition) is 5. The van der Waals surface area contributed by atoms with Crippen molar-refractivity contribution >= 4 is 5.91 Å². The molecule has 0 aliphatic rings. The highest BCUT2D eigenvalue weighted by atomic mass is 16.5. The number of carbonyl (C=O) groups is 1. The molecule has 0 spiro atoms. The van der Waals surface area contributed by atoms with Gasteiger partial charge in [-0.15, -0.1) is 0 Å². The number of nitrogens with two attached hydrogens (primary N) is 1. The minimum absolute atomic E-state index is 0.0167. The molecule has 6 nitrogen and oxygen atoms in total. The maximum atomic E-state index is 11.1. The van der Waals surface area contributed by atoms with E-state index in [0.29, 0.717) is 13.2 Å². The zero-order valence-corrected chi connectivity index (χ0v) is 8.36. The van der Waals surface area contributed by atoms with E-state index in [1.165, 1.54) is 7.11 Å². The van der Waals surface area contributed by atoms with Gasteiger partial charge in [0.2, 0.25) is 5.91 Å². The van der Waals surface area contributed by atoms with Crippen LogP contribution in [0.1, 0.15) is 0 Å². The van der Waals surface area contributed by atoms with Crippen molar-refractivity contribution in [1.29, 1.82) is 0 Å². The number of carbonyl (C=O) groups excluding carboxylic acids is 1. The van der Waals surface area contributed by atoms with Gasteiger partial charge in [0.15, 0.2) is 0 Å². The van der Waals surface area contributed by atoms with Crippen LogP contribution in [0.4, 0.5) is 0 Å². The second-order valence-corrected chi connectivity index (χ2v) is 2.69. The fourth-order valence-corrected chi connectivity index (χ4v) is 0.799. The van der Waals surface area contributed by atoms with Gasteiger partial charge in [-0.25, -0.2) is 0 Å². The van der Waals surface area contributed by atoms with Crippen molar-refractivity contribution in [3.63, 3.8) is 0 Å². The van der Waals surface area contributed by atoms with E-state index in [-0.39, 0.29) is 25.7 Å². The first-order valence-electron chi connectivity index (χ1n) is 4.43. The van der Waals surface area contributed by atoms with E-state index >= 15 is 0 Å². The van der Waals surface area contributed by atoms with Crippen LogP contribution >= 0.6 is 0 Å². The number of hydrogen-bond donors (Lipinski definition) is 3. The molecule has 84 valence electrons. The summed E-state index contributed by atoms with van der Waals surface area (Å²) in [5.74, 6) is -0.264. The summed E-state index contributed by atoms with van der Waals surface area (Å²) in [6.07, 6.45) is 0. The van der Waals surface area contributed by atoms with E-state index < -0.39 is 6.04 Å². The van der Waals surface area contributed by atoms with Crippen molar-refractivity contribution in [1.82, 2.24) is 5.32 Å². The Balaban J connectivity index is 3.34. The zero-order chi connectivity index (χ0) is 10.8. The third-order valence-corrected chi connectivity index (χ3v) is 1.46. The smallest absolute Gasteiger partial charge is 0.239 e. The molecule has 1 amide bonds. The molecule has 4 N–H and O–H groups in total. The van der Waals surface area contributed by atoms with Crippen molar-refractivity contribution in [2.75, 3.05) is 40.1 Å². The van der Waals surface area contributed by atoms with Crippen LogP contribution in [0.3, 0.4) is 0 Å². The molecule has 0 radical (unpaired) electrons. The number of amides is 1. The fourth-order valence-electron chi connectivity index (χ4n) is 0.799. The molecular formula is C8H18N2O4. The Morgan fingerprint density at radius 2 is 2.29 bits per heavy atom. The highest BCUT2D eigenvalue weighted by Gasteiger charge is 2.11. The number of nitrogens with one attached hydrogen (secondary N) is 1. The predicted molar refractivity (Wildman–Crippen MR) is 50.8 cm³/mol. The molecule has 14 heavy (non-hydrogen) atoms. The average molecular weight is 206 g/mol. The van der Waals surface area contributed by atoms with Gasteiger partial charge < -0.3 is 25.6 Å². The maximum Gasteiger partial charge on any atom is 0.239 e. The van der Waals surface area contributed by atoms with Crippen LogP contribution < -0.4 is 11.1 Å². The summed E-state index contributed by atoms with van der Waals surface area (Å²) in [5, 5.41) is 11.0. The van der Waals surface area contributed by atoms with Crippen LogP contribution in [0, 0.1) is 0 Å². The SMILES string of the molecule is COCC(N)C(=O)NCCOCCO. The summed E-state index contributed by atoms with van der Waals surface area (Å²) in [6.45, 7) is 1.21. The van der Waals surface area contributed by atoms with Crippen LogP contribution in [0.2, 0.25) is 0 Å². The fraction of sp³-hybridized carbons (Fsp3) is 0.875. The predicted octanol–water partition coefficient (Wildman–Crippen LogP) is -1.91. The Kier molecular flexibility index (Phi) is 8.45. The molecular weight excluding hydrogens is 188 g/mol. The van der Waals surface area contributed by atoms with Gasteiger partial charge in [0.05, 0.1) is 26.4 Å². The van der Waals surface area contributed by atoms with E-state index in [2.05, 4.69) is 5.32 Å². The Bertz CT molecular complexity index is 154. The molecule has 1 unspecified atom stereocenters.